The van der Waals surface area contributed by atoms with Gasteiger partial charge in [-0.2, -0.15) is 0 Å². The van der Waals surface area contributed by atoms with Gasteiger partial charge in [-0.1, -0.05) is 30.3 Å². The molecule has 3 atom stereocenters. The van der Waals surface area contributed by atoms with Crippen LogP contribution in [0.15, 0.2) is 42.9 Å². The summed E-state index contributed by atoms with van der Waals surface area (Å²) in [6, 6.07) is 10.8. The molecule has 0 bridgehead atoms. The van der Waals surface area contributed by atoms with Crippen LogP contribution in [0.2, 0.25) is 0 Å². The number of fused-ring (bicyclic) bond motifs is 1. The molecular formula is C20H26N4O2. The zero-order chi connectivity index (χ0) is 17.9. The van der Waals surface area contributed by atoms with Gasteiger partial charge >= 0.3 is 6.03 Å². The summed E-state index contributed by atoms with van der Waals surface area (Å²) in [5.74, 6) is 0.732. The first-order valence-corrected chi connectivity index (χ1v) is 9.36. The summed E-state index contributed by atoms with van der Waals surface area (Å²) < 4.78 is 7.66. The highest BCUT2D eigenvalue weighted by molar-refractivity contribution is 5.75. The van der Waals surface area contributed by atoms with E-state index in [1.165, 1.54) is 5.56 Å². The number of carbonyl (C=O) groups excluding carboxylic acids is 1. The van der Waals surface area contributed by atoms with Crippen LogP contribution in [0.25, 0.3) is 0 Å². The molecule has 1 aromatic heterocycles. The molecule has 2 fully saturated rings. The van der Waals surface area contributed by atoms with Crippen LogP contribution in [-0.2, 0) is 18.2 Å². The average Bonchev–Trinajstić information content (AvgIpc) is 3.26. The van der Waals surface area contributed by atoms with Crippen LogP contribution in [-0.4, -0.2) is 52.8 Å². The Kier molecular flexibility index (Phi) is 4.93. The van der Waals surface area contributed by atoms with E-state index >= 15 is 0 Å². The molecular weight excluding hydrogens is 328 g/mol. The van der Waals surface area contributed by atoms with Gasteiger partial charge in [-0.25, -0.2) is 9.78 Å². The largest absolute Gasteiger partial charge is 0.381 e. The van der Waals surface area contributed by atoms with Crippen LogP contribution in [0, 0.1) is 5.92 Å². The third-order valence-electron chi connectivity index (χ3n) is 5.58. The van der Waals surface area contributed by atoms with Crippen LogP contribution in [0.5, 0.6) is 0 Å². The topological polar surface area (TPSA) is 59.4 Å². The Morgan fingerprint density at radius 2 is 2.19 bits per heavy atom. The van der Waals surface area contributed by atoms with E-state index < -0.39 is 0 Å². The molecule has 1 N–H and O–H groups in total. The lowest BCUT2D eigenvalue weighted by Gasteiger charge is -2.32. The first-order chi connectivity index (χ1) is 12.7. The van der Waals surface area contributed by atoms with Crippen molar-refractivity contribution < 1.29 is 9.53 Å². The molecule has 2 amide bonds. The molecule has 0 saturated carbocycles. The monoisotopic (exact) mass is 354 g/mol. The fourth-order valence-electron chi connectivity index (χ4n) is 4.28. The van der Waals surface area contributed by atoms with Gasteiger partial charge in [0.15, 0.2) is 0 Å². The number of rotatable bonds is 4. The van der Waals surface area contributed by atoms with Gasteiger partial charge in [0.2, 0.25) is 0 Å². The Morgan fingerprint density at radius 1 is 1.35 bits per heavy atom. The van der Waals surface area contributed by atoms with Crippen molar-refractivity contribution in [3.05, 3.63) is 54.1 Å². The number of amides is 2. The van der Waals surface area contributed by atoms with Crippen LogP contribution in [0.3, 0.4) is 0 Å². The van der Waals surface area contributed by atoms with Crippen LogP contribution >= 0.6 is 0 Å². The molecule has 6 heteroatoms. The van der Waals surface area contributed by atoms with E-state index in [-0.39, 0.29) is 12.1 Å². The summed E-state index contributed by atoms with van der Waals surface area (Å²) in [5.41, 5.74) is 2.30. The smallest absolute Gasteiger partial charge is 0.317 e. The number of carbonyl (C=O) groups is 1. The predicted octanol–water partition coefficient (Wildman–Crippen LogP) is 2.18. The van der Waals surface area contributed by atoms with E-state index in [0.717, 1.165) is 38.3 Å². The summed E-state index contributed by atoms with van der Waals surface area (Å²) in [6.07, 6.45) is 5.44. The first kappa shape index (κ1) is 17.1. The molecule has 0 aliphatic carbocycles. The van der Waals surface area contributed by atoms with Crippen molar-refractivity contribution in [2.45, 2.75) is 24.8 Å². The zero-order valence-electron chi connectivity index (χ0n) is 15.2. The molecule has 0 spiro atoms. The average molecular weight is 354 g/mol. The summed E-state index contributed by atoms with van der Waals surface area (Å²) in [6.45, 7) is 2.84. The zero-order valence-corrected chi connectivity index (χ0v) is 15.2. The fourth-order valence-corrected chi connectivity index (χ4v) is 4.28. The highest BCUT2D eigenvalue weighted by atomic mass is 16.5. The maximum absolute atomic E-state index is 12.8. The van der Waals surface area contributed by atoms with E-state index in [1.54, 1.807) is 6.33 Å². The molecule has 138 valence electrons. The summed E-state index contributed by atoms with van der Waals surface area (Å²) in [4.78, 5) is 19.2. The molecule has 2 aliphatic rings. The molecule has 6 nitrogen and oxygen atoms in total. The number of ether oxygens (including phenoxy) is 1. The molecule has 0 unspecified atom stereocenters. The molecule has 1 aromatic carbocycles. The number of nitrogens with zero attached hydrogens (tertiary/aromatic N) is 3. The van der Waals surface area contributed by atoms with Gasteiger partial charge in [-0.05, 0) is 12.0 Å². The minimum Gasteiger partial charge on any atom is -0.381 e. The van der Waals surface area contributed by atoms with Gasteiger partial charge in [0, 0.05) is 57.2 Å². The van der Waals surface area contributed by atoms with Gasteiger partial charge in [0.05, 0.1) is 18.6 Å². The number of hydrogen-bond acceptors (Lipinski definition) is 3. The van der Waals surface area contributed by atoms with Gasteiger partial charge < -0.3 is 19.5 Å². The Hall–Kier alpha value is -2.34. The molecule has 3 heterocycles. The SMILES string of the molecule is Cn1cnc(CCNC(=O)N2C[C@H](c3ccccc3)[C@@H]3COCC[C@@H]32)c1. The maximum atomic E-state index is 12.8. The number of aryl methyl sites for hydroxylation is 1. The minimum absolute atomic E-state index is 0.0382. The number of hydrogen-bond donors (Lipinski definition) is 1. The Morgan fingerprint density at radius 3 is 2.96 bits per heavy atom. The standard InChI is InChI=1S/C20H26N4O2/c1-23-11-16(22-14-23)7-9-21-20(25)24-12-17(15-5-3-2-4-6-15)18-13-26-10-8-19(18)24/h2-6,11,14,17-19H,7-10,12-13H2,1H3,(H,21,25)/t17-,18+,19+/m1/s1. The third-order valence-corrected chi connectivity index (χ3v) is 5.58. The second kappa shape index (κ2) is 7.50. The van der Waals surface area contributed by atoms with Gasteiger partial charge in [0.1, 0.15) is 0 Å². The number of aromatic nitrogens is 2. The second-order valence-corrected chi connectivity index (χ2v) is 7.28. The van der Waals surface area contributed by atoms with Crippen LogP contribution in [0.4, 0.5) is 4.79 Å². The van der Waals surface area contributed by atoms with E-state index in [0.29, 0.717) is 18.4 Å². The lowest BCUT2D eigenvalue weighted by atomic mass is 9.84. The van der Waals surface area contributed by atoms with Crippen molar-refractivity contribution in [3.63, 3.8) is 0 Å². The predicted molar refractivity (Wildman–Crippen MR) is 98.9 cm³/mol. The van der Waals surface area contributed by atoms with Gasteiger partial charge in [-0.15, -0.1) is 0 Å². The third kappa shape index (κ3) is 3.46. The number of nitrogens with one attached hydrogen (secondary N) is 1. The van der Waals surface area contributed by atoms with Crippen molar-refractivity contribution in [1.29, 1.82) is 0 Å². The lowest BCUT2D eigenvalue weighted by molar-refractivity contribution is 0.0262. The van der Waals surface area contributed by atoms with Crippen molar-refractivity contribution in [1.82, 2.24) is 19.8 Å². The lowest BCUT2D eigenvalue weighted by Crippen LogP contribution is -2.47. The van der Waals surface area contributed by atoms with Crippen molar-refractivity contribution in [2.24, 2.45) is 13.0 Å². The number of imidazole rings is 1. The Balaban J connectivity index is 1.41. The molecule has 0 radical (unpaired) electrons. The molecule has 4 rings (SSSR count). The van der Waals surface area contributed by atoms with E-state index in [4.69, 9.17) is 4.74 Å². The number of urea groups is 1. The molecule has 26 heavy (non-hydrogen) atoms. The molecule has 2 aromatic rings. The van der Waals surface area contributed by atoms with Gasteiger partial charge in [0.25, 0.3) is 0 Å². The normalized spacial score (nSPS) is 25.1. The van der Waals surface area contributed by atoms with E-state index in [1.807, 2.05) is 28.8 Å². The highest BCUT2D eigenvalue weighted by Crippen LogP contribution is 2.40. The Labute approximate surface area is 154 Å². The van der Waals surface area contributed by atoms with Crippen molar-refractivity contribution in [2.75, 3.05) is 26.3 Å². The summed E-state index contributed by atoms with van der Waals surface area (Å²) in [5, 5.41) is 3.08. The van der Waals surface area contributed by atoms with E-state index in [9.17, 15) is 4.79 Å². The fraction of sp³-hybridized carbons (Fsp3) is 0.500. The van der Waals surface area contributed by atoms with E-state index in [2.05, 4.69) is 34.6 Å². The number of likely N-dealkylation sites (tertiary alicyclic amines) is 1. The maximum Gasteiger partial charge on any atom is 0.317 e. The quantitative estimate of drug-likeness (QED) is 0.915. The van der Waals surface area contributed by atoms with Crippen molar-refractivity contribution >= 4 is 6.03 Å². The van der Waals surface area contributed by atoms with Crippen molar-refractivity contribution in [3.8, 4) is 0 Å². The molecule has 2 aliphatic heterocycles. The summed E-state index contributed by atoms with van der Waals surface area (Å²) in [7, 11) is 1.95. The highest BCUT2D eigenvalue weighted by Gasteiger charge is 2.45. The van der Waals surface area contributed by atoms with Crippen LogP contribution in [0.1, 0.15) is 23.6 Å². The van der Waals surface area contributed by atoms with Crippen LogP contribution < -0.4 is 5.32 Å². The summed E-state index contributed by atoms with van der Waals surface area (Å²) >= 11 is 0. The second-order valence-electron chi connectivity index (χ2n) is 7.28. The Bertz CT molecular complexity index is 745. The minimum atomic E-state index is 0.0382. The first-order valence-electron chi connectivity index (χ1n) is 9.36. The number of benzene rings is 1. The van der Waals surface area contributed by atoms with Gasteiger partial charge in [-0.3, -0.25) is 0 Å². The molecule has 2 saturated heterocycles.